The number of para-hydroxylation sites is 1. The number of benzene rings is 5. The van der Waals surface area contributed by atoms with Gasteiger partial charge >= 0.3 is 0 Å². The molecule has 0 radical (unpaired) electrons. The molecule has 0 spiro atoms. The minimum Gasteiger partial charge on any atom is -0.508 e. The number of fused-ring (bicyclic) bond motifs is 1. The molecule has 39 nitrogen and oxygen atoms in total. The second kappa shape index (κ2) is 54.0. The number of aromatic amines is 1. The van der Waals surface area contributed by atoms with Crippen LogP contribution in [0.2, 0.25) is 0 Å². The van der Waals surface area contributed by atoms with Gasteiger partial charge in [-0.1, -0.05) is 121 Å². The SMILES string of the molecule is CC(=O)N[C@H](Cc1ccccc1)C(=O)N[C@@H](Cc1ccccc1)C(=O)N[C@@H](Cc1ccc(O)cc1)C(=O)N[C@H](Cc1c[nH]c2ccccc12)C(=O)N[C@@H](CCCCN)C(=O)N[C@H](C(=O)N[C@@H](Cc1ccccc1)C(=O)N[C@H](C(=O)NCC(=O)NCC(=O)NCC(=O)N[C@@H](CCCCN)C(=O)NCCCC[C@H](N)C(=O)NCC(=O)N[C@@H](CS)C(N)=O)[C@@H](C)O)[C@@H](C)O. The number of amides is 16. The highest BCUT2D eigenvalue weighted by Crippen LogP contribution is 2.21. The van der Waals surface area contributed by atoms with Gasteiger partial charge in [-0.15, -0.1) is 0 Å². The maximum Gasteiger partial charge on any atom is 0.245 e. The third-order valence-corrected chi connectivity index (χ3v) is 20.4. The number of aliphatic hydroxyl groups excluding tert-OH is 2. The average Bonchev–Trinajstić information content (AvgIpc) is 1.66. The Morgan fingerprint density at radius 1 is 0.373 bits per heavy atom. The lowest BCUT2D eigenvalue weighted by Crippen LogP contribution is -2.62. The van der Waals surface area contributed by atoms with Gasteiger partial charge in [-0.05, 0) is 131 Å². The Balaban J connectivity index is 1.11. The van der Waals surface area contributed by atoms with Crippen LogP contribution >= 0.6 is 12.6 Å². The number of hydrogen-bond donors (Lipinski definition) is 24. The third kappa shape index (κ3) is 36.1. The van der Waals surface area contributed by atoms with Gasteiger partial charge < -0.3 is 123 Å². The number of nitrogens with two attached hydrogens (primary N) is 4. The first-order chi connectivity index (χ1) is 60.2. The summed E-state index contributed by atoms with van der Waals surface area (Å²) in [6.45, 7) is 1.52. The quantitative estimate of drug-likeness (QED) is 0.0127. The van der Waals surface area contributed by atoms with Crippen LogP contribution < -0.4 is 103 Å². The van der Waals surface area contributed by atoms with E-state index in [2.05, 4.69) is 97.4 Å². The fraction of sp³-hybridized carbons (Fsp3) is 0.442. The Morgan fingerprint density at radius 3 is 1.21 bits per heavy atom. The zero-order chi connectivity index (χ0) is 92.2. The Labute approximate surface area is 734 Å². The number of carbonyl (C=O) groups excluding carboxylic acids is 16. The number of thiol groups is 1. The van der Waals surface area contributed by atoms with Gasteiger partial charge in [0.05, 0.1) is 44.4 Å². The Hall–Kier alpha value is -12.9. The Morgan fingerprint density at radius 2 is 0.746 bits per heavy atom. The molecule has 1 heterocycles. The summed E-state index contributed by atoms with van der Waals surface area (Å²) < 4.78 is 0. The molecule has 1 aromatic heterocycles. The number of aromatic hydroxyl groups is 1. The van der Waals surface area contributed by atoms with E-state index in [0.29, 0.717) is 77.4 Å². The van der Waals surface area contributed by atoms with Crippen LogP contribution in [0.25, 0.3) is 10.9 Å². The number of carbonyl (C=O) groups is 16. The van der Waals surface area contributed by atoms with Gasteiger partial charge in [-0.2, -0.15) is 12.6 Å². The van der Waals surface area contributed by atoms with Crippen LogP contribution in [0.15, 0.2) is 146 Å². The maximum atomic E-state index is 15.3. The number of phenols is 1. The van der Waals surface area contributed by atoms with E-state index in [-0.39, 0.29) is 82.4 Å². The topological polar surface area (TPSA) is 634 Å². The normalized spacial score (nSPS) is 14.1. The minimum absolute atomic E-state index is 0.0457. The summed E-state index contributed by atoms with van der Waals surface area (Å²) in [4.78, 5) is 221. The number of primary amides is 1. The number of aromatic nitrogens is 1. The van der Waals surface area contributed by atoms with Crippen LogP contribution in [0, 0.1) is 0 Å². The molecule has 5 aromatic carbocycles. The van der Waals surface area contributed by atoms with Crippen LogP contribution in [0.3, 0.4) is 0 Å². The Kier molecular flexibility index (Phi) is 43.7. The molecule has 6 rings (SSSR count). The van der Waals surface area contributed by atoms with Gasteiger partial charge in [0.2, 0.25) is 94.5 Å². The highest BCUT2D eigenvalue weighted by molar-refractivity contribution is 7.80. The summed E-state index contributed by atoms with van der Waals surface area (Å²) in [6.07, 6.45) is -0.120. The lowest BCUT2D eigenvalue weighted by molar-refractivity contribution is -0.137. The van der Waals surface area contributed by atoms with Gasteiger partial charge in [-0.25, -0.2) is 0 Å². The number of rotatable bonds is 55. The van der Waals surface area contributed by atoms with E-state index in [9.17, 15) is 82.4 Å². The summed E-state index contributed by atoms with van der Waals surface area (Å²) in [5, 5.41) is 71.3. The molecule has 0 unspecified atom stereocenters. The monoisotopic (exact) mass is 1770 g/mol. The van der Waals surface area contributed by atoms with Gasteiger partial charge in [-0.3, -0.25) is 76.7 Å². The molecule has 0 aliphatic rings. The second-order valence-electron chi connectivity index (χ2n) is 30.3. The number of unbranched alkanes of at least 4 members (excludes halogenated alkanes) is 3. The fourth-order valence-electron chi connectivity index (χ4n) is 13.1. The van der Waals surface area contributed by atoms with Crippen LogP contribution in [0.4, 0.5) is 0 Å². The van der Waals surface area contributed by atoms with Gasteiger partial charge in [0.1, 0.15) is 66.2 Å². The summed E-state index contributed by atoms with van der Waals surface area (Å²) >= 11 is 3.95. The maximum absolute atomic E-state index is 15.3. The van der Waals surface area contributed by atoms with Crippen molar-refractivity contribution < 1.29 is 92.0 Å². The highest BCUT2D eigenvalue weighted by Gasteiger charge is 2.38. The summed E-state index contributed by atoms with van der Waals surface area (Å²) in [7, 11) is 0. The Bertz CT molecular complexity index is 4610. The molecule has 0 aliphatic carbocycles. The molecule has 40 heteroatoms. The number of aliphatic hydroxyl groups is 2. The standard InChI is InChI=1S/C86H118N20O19S/c1-50(107)74(85(124)96-46-71(112)93-45-70(111)94-47-72(113)98-62(30-15-18-36-87)78(117)91-38-20-17-28-60(89)77(116)95-48-73(114)99-69(49-126)76(90)115)105-84(123)67(41-55-25-11-6-12-26-55)104-86(125)75(51(2)108)106-79(118)63(31-16-19-37-88)100-83(122)68(43-57-44-92-61-29-14-13-27-59(57)61)103-82(121)66(42-56-32-34-58(110)35-33-56)102-81(120)65(40-54-23-9-5-10-24-54)101-80(119)64(97-52(3)109)39-53-21-7-4-8-22-53/h4-14,21-27,29,32-35,44,50-51,60,62-69,74-75,92,107-108,110,126H,15-20,28,30-31,36-43,45-49,87-89H2,1-3H3,(H2,90,115)(H,91,117)(H,93,112)(H,94,111)(H,95,116)(H,96,124)(H,97,109)(H,98,113)(H,99,114)(H,100,122)(H,101,119)(H,102,120)(H,103,121)(H,104,125)(H,105,123)(H,106,118)/t50-,51-,60+,62+,63+,64-,65+,66+,67+,68-,69+,74+,75+/m1/s1. The van der Waals surface area contributed by atoms with Crippen molar-refractivity contribution in [2.75, 3.05) is 51.6 Å². The van der Waals surface area contributed by atoms with E-state index in [4.69, 9.17) is 22.9 Å². The van der Waals surface area contributed by atoms with E-state index in [0.717, 1.165) is 6.92 Å². The average molecular weight is 1770 g/mol. The molecule has 27 N–H and O–H groups in total. The van der Waals surface area contributed by atoms with Crippen molar-refractivity contribution in [2.24, 2.45) is 22.9 Å². The van der Waals surface area contributed by atoms with Gasteiger partial charge in [0, 0.05) is 68.4 Å². The minimum atomic E-state index is -1.89. The third-order valence-electron chi connectivity index (χ3n) is 20.0. The van der Waals surface area contributed by atoms with E-state index in [1.54, 1.807) is 121 Å². The molecule has 0 saturated carbocycles. The van der Waals surface area contributed by atoms with E-state index >= 15 is 9.59 Å². The first-order valence-corrected chi connectivity index (χ1v) is 42.1. The molecule has 126 heavy (non-hydrogen) atoms. The molecule has 13 atom stereocenters. The number of hydrogen-bond acceptors (Lipinski definition) is 23. The number of nitrogens with one attached hydrogen (secondary N) is 16. The lowest BCUT2D eigenvalue weighted by atomic mass is 9.99. The first-order valence-electron chi connectivity index (χ1n) is 41.5. The predicted octanol–water partition coefficient (Wildman–Crippen LogP) is -4.23. The number of H-pyrrole nitrogens is 1. The smallest absolute Gasteiger partial charge is 0.245 e. The van der Waals surface area contributed by atoms with E-state index < -0.39 is 199 Å². The van der Waals surface area contributed by atoms with Crippen LogP contribution in [-0.4, -0.2) is 245 Å². The molecule has 0 bridgehead atoms. The molecule has 0 fully saturated rings. The molecular weight excluding hydrogens is 1650 g/mol. The van der Waals surface area contributed by atoms with Crippen molar-refractivity contribution in [3.63, 3.8) is 0 Å². The van der Waals surface area contributed by atoms with Crippen molar-refractivity contribution >= 4 is 118 Å². The first kappa shape index (κ1) is 102. The van der Waals surface area contributed by atoms with Gasteiger partial charge in [0.25, 0.3) is 0 Å². The van der Waals surface area contributed by atoms with E-state index in [1.807, 2.05) is 0 Å². The molecular formula is C86H118N20O19S. The molecule has 6 aromatic rings. The van der Waals surface area contributed by atoms with Crippen molar-refractivity contribution in [1.82, 2.24) is 84.7 Å². The second-order valence-corrected chi connectivity index (χ2v) is 30.7. The summed E-state index contributed by atoms with van der Waals surface area (Å²) in [6, 6.07) is 23.0. The van der Waals surface area contributed by atoms with Crippen molar-refractivity contribution in [3.05, 3.63) is 174 Å². The van der Waals surface area contributed by atoms with Gasteiger partial charge in [0.15, 0.2) is 0 Å². The van der Waals surface area contributed by atoms with Crippen LogP contribution in [-0.2, 0) is 109 Å². The molecule has 0 aliphatic heterocycles. The molecule has 682 valence electrons. The number of phenolic OH excluding ortho intramolecular Hbond substituents is 1. The van der Waals surface area contributed by atoms with Crippen LogP contribution in [0.5, 0.6) is 5.75 Å². The summed E-state index contributed by atoms with van der Waals surface area (Å²) in [5.41, 5.74) is 26.1. The van der Waals surface area contributed by atoms with Crippen molar-refractivity contribution in [1.29, 1.82) is 0 Å². The zero-order valence-corrected chi connectivity index (χ0v) is 71.4. The molecule has 16 amide bonds. The van der Waals surface area contributed by atoms with E-state index in [1.165, 1.54) is 38.1 Å². The highest BCUT2D eigenvalue weighted by atomic mass is 32.1. The summed E-state index contributed by atoms with van der Waals surface area (Å²) in [5.74, 6) is -13.7. The zero-order valence-electron chi connectivity index (χ0n) is 70.5. The molecule has 0 saturated heterocycles. The predicted molar refractivity (Wildman–Crippen MR) is 468 cm³/mol. The lowest BCUT2D eigenvalue weighted by Gasteiger charge is -2.29. The largest absolute Gasteiger partial charge is 0.508 e. The van der Waals surface area contributed by atoms with Crippen molar-refractivity contribution in [2.45, 2.75) is 189 Å². The van der Waals surface area contributed by atoms with Crippen molar-refractivity contribution in [3.8, 4) is 5.75 Å². The fourth-order valence-corrected chi connectivity index (χ4v) is 13.4. The van der Waals surface area contributed by atoms with Crippen LogP contribution in [0.1, 0.15) is 106 Å².